The zero-order chi connectivity index (χ0) is 25.7. The maximum atomic E-state index is 12.9. The van der Waals surface area contributed by atoms with Crippen LogP contribution >= 0.6 is 23.4 Å². The smallest absolute Gasteiger partial charge is 0.293 e. The number of likely N-dealkylation sites (tertiary alicyclic amines) is 1. The zero-order valence-corrected chi connectivity index (χ0v) is 21.3. The molecule has 0 aromatic heterocycles. The van der Waals surface area contributed by atoms with Crippen molar-refractivity contribution in [1.82, 2.24) is 9.80 Å². The second-order valence-electron chi connectivity index (χ2n) is 8.21. The molecule has 0 bridgehead atoms. The van der Waals surface area contributed by atoms with E-state index in [-0.39, 0.29) is 29.7 Å². The SMILES string of the molecule is CCOc1cc(/C=C2\SC(=O)N(CC(=O)c3ccc(Cl)cc3)C2=O)ccc1OCC(=O)N1CCCC1. The summed E-state index contributed by atoms with van der Waals surface area (Å²) in [6.45, 7) is 3.27. The number of carbonyl (C=O) groups is 4. The van der Waals surface area contributed by atoms with E-state index in [0.29, 0.717) is 34.3 Å². The molecule has 2 fully saturated rings. The monoisotopic (exact) mass is 528 g/mol. The summed E-state index contributed by atoms with van der Waals surface area (Å²) in [5, 5.41) is -0.0272. The van der Waals surface area contributed by atoms with Gasteiger partial charge in [-0.2, -0.15) is 0 Å². The van der Waals surface area contributed by atoms with E-state index >= 15 is 0 Å². The molecule has 36 heavy (non-hydrogen) atoms. The Bertz CT molecular complexity index is 1210. The standard InChI is InChI=1S/C26H25ClN2O6S/c1-2-34-22-13-17(5-10-21(22)35-16-24(31)28-11-3-4-12-28)14-23-25(32)29(26(33)36-23)15-20(30)18-6-8-19(27)9-7-18/h5-10,13-14H,2-4,11-12,15-16H2,1H3/b23-14-. The normalized spacial score (nSPS) is 16.7. The van der Waals surface area contributed by atoms with Crippen LogP contribution in [0, 0.1) is 0 Å². The average molecular weight is 529 g/mol. The Morgan fingerprint density at radius 2 is 1.75 bits per heavy atom. The van der Waals surface area contributed by atoms with Crippen molar-refractivity contribution in [2.45, 2.75) is 19.8 Å². The minimum Gasteiger partial charge on any atom is -0.490 e. The minimum atomic E-state index is -0.540. The van der Waals surface area contributed by atoms with Gasteiger partial charge >= 0.3 is 0 Å². The number of ketones is 1. The lowest BCUT2D eigenvalue weighted by molar-refractivity contribution is -0.132. The molecule has 2 aliphatic heterocycles. The highest BCUT2D eigenvalue weighted by molar-refractivity contribution is 8.18. The van der Waals surface area contributed by atoms with Crippen LogP contribution in [0.25, 0.3) is 6.08 Å². The van der Waals surface area contributed by atoms with E-state index in [1.54, 1.807) is 53.4 Å². The Labute approximate surface area is 218 Å². The third kappa shape index (κ3) is 6.09. The first-order chi connectivity index (χ1) is 17.4. The number of halogens is 1. The van der Waals surface area contributed by atoms with Gasteiger partial charge in [0.2, 0.25) is 0 Å². The minimum absolute atomic E-state index is 0.0687. The topological polar surface area (TPSA) is 93.2 Å². The van der Waals surface area contributed by atoms with Crippen LogP contribution < -0.4 is 9.47 Å². The summed E-state index contributed by atoms with van der Waals surface area (Å²) in [5.41, 5.74) is 0.980. The van der Waals surface area contributed by atoms with E-state index in [1.165, 1.54) is 0 Å². The number of Topliss-reactive ketones (excluding diaryl/α,β-unsaturated/α-hetero) is 1. The Morgan fingerprint density at radius 3 is 2.44 bits per heavy atom. The van der Waals surface area contributed by atoms with Crippen LogP contribution in [0.1, 0.15) is 35.7 Å². The first-order valence-electron chi connectivity index (χ1n) is 11.6. The van der Waals surface area contributed by atoms with Crippen molar-refractivity contribution in [1.29, 1.82) is 0 Å². The lowest BCUT2D eigenvalue weighted by Gasteiger charge is -2.17. The molecular formula is C26H25ClN2O6S. The molecule has 8 nitrogen and oxygen atoms in total. The van der Waals surface area contributed by atoms with Crippen molar-refractivity contribution < 1.29 is 28.7 Å². The summed E-state index contributed by atoms with van der Waals surface area (Å²) >= 11 is 6.62. The number of thioether (sulfide) groups is 1. The molecule has 3 amide bonds. The summed E-state index contributed by atoms with van der Waals surface area (Å²) in [6.07, 6.45) is 3.58. The Hall–Kier alpha value is -3.30. The largest absolute Gasteiger partial charge is 0.490 e. The third-order valence-electron chi connectivity index (χ3n) is 5.72. The van der Waals surface area contributed by atoms with Gasteiger partial charge in [0.1, 0.15) is 0 Å². The van der Waals surface area contributed by atoms with E-state index in [9.17, 15) is 19.2 Å². The Morgan fingerprint density at radius 1 is 1.03 bits per heavy atom. The van der Waals surface area contributed by atoms with Crippen LogP contribution in [0.5, 0.6) is 11.5 Å². The summed E-state index contributed by atoms with van der Waals surface area (Å²) in [4.78, 5) is 53.1. The number of amides is 3. The molecule has 2 aliphatic rings. The van der Waals surface area contributed by atoms with Gasteiger partial charge < -0.3 is 14.4 Å². The number of carbonyl (C=O) groups excluding carboxylic acids is 4. The van der Waals surface area contributed by atoms with E-state index in [4.69, 9.17) is 21.1 Å². The molecule has 2 heterocycles. The molecule has 0 unspecified atom stereocenters. The van der Waals surface area contributed by atoms with Gasteiger partial charge in [-0.25, -0.2) is 0 Å². The van der Waals surface area contributed by atoms with Gasteiger partial charge in [0.15, 0.2) is 23.9 Å². The number of hydrogen-bond donors (Lipinski definition) is 0. The van der Waals surface area contributed by atoms with Gasteiger partial charge in [0, 0.05) is 23.7 Å². The van der Waals surface area contributed by atoms with E-state index in [2.05, 4.69) is 0 Å². The van der Waals surface area contributed by atoms with Gasteiger partial charge in [-0.15, -0.1) is 0 Å². The fourth-order valence-corrected chi connectivity index (χ4v) is 4.82. The number of nitrogens with zero attached hydrogens (tertiary/aromatic N) is 2. The molecule has 10 heteroatoms. The maximum Gasteiger partial charge on any atom is 0.293 e. The van der Waals surface area contributed by atoms with E-state index in [0.717, 1.165) is 42.6 Å². The summed E-state index contributed by atoms with van der Waals surface area (Å²) in [5.74, 6) is -0.123. The third-order valence-corrected chi connectivity index (χ3v) is 6.88. The van der Waals surface area contributed by atoms with Crippen LogP contribution in [0.2, 0.25) is 5.02 Å². The number of rotatable bonds is 9. The van der Waals surface area contributed by atoms with E-state index in [1.807, 2.05) is 6.92 Å². The molecule has 2 aromatic rings. The quantitative estimate of drug-likeness (QED) is 0.345. The van der Waals surface area contributed by atoms with Crippen molar-refractivity contribution in [2.24, 2.45) is 0 Å². The van der Waals surface area contributed by atoms with Crippen molar-refractivity contribution >= 4 is 52.3 Å². The molecule has 0 aliphatic carbocycles. The molecule has 0 radical (unpaired) electrons. The average Bonchev–Trinajstić information content (AvgIpc) is 3.49. The molecular weight excluding hydrogens is 504 g/mol. The van der Waals surface area contributed by atoms with Crippen LogP contribution in [-0.4, -0.2) is 65.5 Å². The summed E-state index contributed by atoms with van der Waals surface area (Å²) < 4.78 is 11.4. The highest BCUT2D eigenvalue weighted by Gasteiger charge is 2.36. The second kappa shape index (κ2) is 11.6. The predicted octanol–water partition coefficient (Wildman–Crippen LogP) is 4.66. The fourth-order valence-electron chi connectivity index (χ4n) is 3.86. The van der Waals surface area contributed by atoms with E-state index < -0.39 is 11.1 Å². The van der Waals surface area contributed by atoms with Crippen LogP contribution in [0.15, 0.2) is 47.4 Å². The van der Waals surface area contributed by atoms with Crippen molar-refractivity contribution in [3.8, 4) is 11.5 Å². The summed E-state index contributed by atoms with van der Waals surface area (Å²) in [6, 6.07) is 11.3. The second-order valence-corrected chi connectivity index (χ2v) is 9.64. The van der Waals surface area contributed by atoms with Gasteiger partial charge in [-0.3, -0.25) is 24.1 Å². The zero-order valence-electron chi connectivity index (χ0n) is 19.7. The molecule has 4 rings (SSSR count). The first kappa shape index (κ1) is 25.8. The maximum absolute atomic E-state index is 12.9. The number of hydrogen-bond acceptors (Lipinski definition) is 7. The molecule has 0 atom stereocenters. The molecule has 0 saturated carbocycles. The van der Waals surface area contributed by atoms with Gasteiger partial charge in [0.05, 0.1) is 18.1 Å². The number of benzene rings is 2. The highest BCUT2D eigenvalue weighted by Crippen LogP contribution is 2.35. The molecule has 2 aromatic carbocycles. The molecule has 0 N–H and O–H groups in total. The lowest BCUT2D eigenvalue weighted by Crippen LogP contribution is -2.33. The van der Waals surface area contributed by atoms with Gasteiger partial charge in [-0.05, 0) is 79.6 Å². The Kier molecular flexibility index (Phi) is 8.32. The molecule has 188 valence electrons. The lowest BCUT2D eigenvalue weighted by atomic mass is 10.1. The highest BCUT2D eigenvalue weighted by atomic mass is 35.5. The predicted molar refractivity (Wildman–Crippen MR) is 137 cm³/mol. The number of ether oxygens (including phenoxy) is 2. The van der Waals surface area contributed by atoms with Crippen molar-refractivity contribution in [2.75, 3.05) is 32.8 Å². The summed E-state index contributed by atoms with van der Waals surface area (Å²) in [7, 11) is 0. The van der Waals surface area contributed by atoms with Crippen LogP contribution in [0.4, 0.5) is 4.79 Å². The van der Waals surface area contributed by atoms with Crippen LogP contribution in [-0.2, 0) is 9.59 Å². The molecule has 0 spiro atoms. The first-order valence-corrected chi connectivity index (χ1v) is 12.8. The van der Waals surface area contributed by atoms with Gasteiger partial charge in [0.25, 0.3) is 17.1 Å². The van der Waals surface area contributed by atoms with Crippen molar-refractivity contribution in [3.05, 3.63) is 63.5 Å². The van der Waals surface area contributed by atoms with Gasteiger partial charge in [-0.1, -0.05) is 17.7 Å². The Balaban J connectivity index is 1.45. The molecule has 2 saturated heterocycles. The van der Waals surface area contributed by atoms with Crippen molar-refractivity contribution in [3.63, 3.8) is 0 Å². The fraction of sp³-hybridized carbons (Fsp3) is 0.308. The number of imide groups is 1. The van der Waals surface area contributed by atoms with Crippen LogP contribution in [0.3, 0.4) is 0 Å².